The van der Waals surface area contributed by atoms with Crippen molar-refractivity contribution < 1.29 is 5.11 Å². The van der Waals surface area contributed by atoms with E-state index in [1.807, 2.05) is 0 Å². The van der Waals surface area contributed by atoms with Gasteiger partial charge in [0.15, 0.2) is 0 Å². The number of nitrogens with one attached hydrogen (secondary N) is 1. The maximum Gasteiger partial charge on any atom is 0.137 e. The lowest BCUT2D eigenvalue weighted by Crippen LogP contribution is -2.35. The molecule has 1 aromatic rings. The summed E-state index contributed by atoms with van der Waals surface area (Å²) in [6.45, 7) is 1.10. The van der Waals surface area contributed by atoms with Gasteiger partial charge in [0, 0.05) is 6.04 Å². The maximum atomic E-state index is 10.3. The van der Waals surface area contributed by atoms with Crippen LogP contribution in [0.4, 0.5) is 0 Å². The van der Waals surface area contributed by atoms with Gasteiger partial charge in [0.1, 0.15) is 5.75 Å². The van der Waals surface area contributed by atoms with Crippen LogP contribution in [0.5, 0.6) is 5.75 Å². The molecule has 0 spiro atoms. The molecule has 2 aliphatic rings. The fourth-order valence-corrected chi connectivity index (χ4v) is 3.76. The van der Waals surface area contributed by atoms with Gasteiger partial charge in [-0.1, -0.05) is 24.1 Å². The Morgan fingerprint density at radius 2 is 2.05 bits per heavy atom. The second kappa shape index (κ2) is 5.72. The van der Waals surface area contributed by atoms with Crippen LogP contribution < -0.4 is 5.32 Å². The predicted molar refractivity (Wildman–Crippen MR) is 79.1 cm³/mol. The van der Waals surface area contributed by atoms with E-state index in [0.717, 1.165) is 31.4 Å². The summed E-state index contributed by atoms with van der Waals surface area (Å²) in [5.74, 6) is 0.328. The predicted octanol–water partition coefficient (Wildman–Crippen LogP) is 3.61. The topological polar surface area (TPSA) is 32.3 Å². The lowest BCUT2D eigenvalue weighted by atomic mass is 9.88. The van der Waals surface area contributed by atoms with E-state index < -0.39 is 0 Å². The number of phenols is 1. The highest BCUT2D eigenvalue weighted by Gasteiger charge is 2.21. The van der Waals surface area contributed by atoms with Crippen LogP contribution in [0.3, 0.4) is 0 Å². The molecule has 1 aliphatic heterocycles. The van der Waals surface area contributed by atoms with E-state index in [0.29, 0.717) is 16.8 Å². The molecule has 1 atom stereocenters. The Bertz CT molecular complexity index is 466. The normalized spacial score (nSPS) is 23.1. The van der Waals surface area contributed by atoms with Crippen molar-refractivity contribution in [3.63, 3.8) is 0 Å². The largest absolute Gasteiger partial charge is 0.506 e. The van der Waals surface area contributed by atoms with E-state index in [9.17, 15) is 5.11 Å². The first kappa shape index (κ1) is 13.3. The van der Waals surface area contributed by atoms with Crippen LogP contribution in [0.25, 0.3) is 0 Å². The monoisotopic (exact) mass is 279 g/mol. The van der Waals surface area contributed by atoms with E-state index in [1.165, 1.54) is 43.2 Å². The Morgan fingerprint density at radius 1 is 1.21 bits per heavy atom. The molecule has 1 saturated heterocycles. The van der Waals surface area contributed by atoms with Gasteiger partial charge in [-0.3, -0.25) is 0 Å². The summed E-state index contributed by atoms with van der Waals surface area (Å²) < 4.78 is 0. The lowest BCUT2D eigenvalue weighted by Gasteiger charge is -2.25. The molecule has 3 rings (SSSR count). The number of benzene rings is 1. The van der Waals surface area contributed by atoms with E-state index in [4.69, 9.17) is 11.6 Å². The molecule has 3 heteroatoms. The van der Waals surface area contributed by atoms with Crippen molar-refractivity contribution in [2.24, 2.45) is 0 Å². The highest BCUT2D eigenvalue weighted by Crippen LogP contribution is 2.38. The van der Waals surface area contributed by atoms with Crippen molar-refractivity contribution >= 4 is 11.6 Å². The fourth-order valence-electron chi connectivity index (χ4n) is 3.42. The van der Waals surface area contributed by atoms with Crippen molar-refractivity contribution in [3.05, 3.63) is 27.8 Å². The standard InChI is InChI=1S/C16H22ClNO/c17-15-14-7-2-1-5-11(14)9-12(16(15)19)10-13-6-3-4-8-18-13/h9,13,18-19H,1-8,10H2. The third-order valence-corrected chi connectivity index (χ3v) is 4.92. The number of halogens is 1. The molecule has 0 amide bonds. The molecule has 1 fully saturated rings. The van der Waals surface area contributed by atoms with E-state index in [-0.39, 0.29) is 0 Å². The van der Waals surface area contributed by atoms with Crippen LogP contribution in [0, 0.1) is 0 Å². The molecule has 2 nitrogen and oxygen atoms in total. The summed E-state index contributed by atoms with van der Waals surface area (Å²) in [4.78, 5) is 0. The third-order valence-electron chi connectivity index (χ3n) is 4.51. The van der Waals surface area contributed by atoms with Crippen LogP contribution >= 0.6 is 11.6 Å². The maximum absolute atomic E-state index is 10.3. The summed E-state index contributed by atoms with van der Waals surface area (Å²) in [6.07, 6.45) is 9.23. The molecule has 2 N–H and O–H groups in total. The number of piperidine rings is 1. The summed E-state index contributed by atoms with van der Waals surface area (Å²) in [5.41, 5.74) is 3.58. The van der Waals surface area contributed by atoms with Crippen molar-refractivity contribution in [3.8, 4) is 5.75 Å². The molecule has 1 heterocycles. The number of fused-ring (bicyclic) bond motifs is 1. The minimum Gasteiger partial charge on any atom is -0.506 e. The zero-order valence-corrected chi connectivity index (χ0v) is 12.1. The highest BCUT2D eigenvalue weighted by atomic mass is 35.5. The molecule has 0 saturated carbocycles. The number of hydrogen-bond donors (Lipinski definition) is 2. The second-order valence-electron chi connectivity index (χ2n) is 5.89. The highest BCUT2D eigenvalue weighted by molar-refractivity contribution is 6.33. The van der Waals surface area contributed by atoms with Crippen molar-refractivity contribution in [1.82, 2.24) is 5.32 Å². The van der Waals surface area contributed by atoms with Gasteiger partial charge >= 0.3 is 0 Å². The average Bonchev–Trinajstić information content (AvgIpc) is 2.46. The van der Waals surface area contributed by atoms with Gasteiger partial charge in [0.25, 0.3) is 0 Å². The SMILES string of the molecule is Oc1c(CC2CCCCN2)cc2c(c1Cl)CCCC2. The number of phenolic OH excluding ortho intramolecular Hbond substituents is 1. The third kappa shape index (κ3) is 2.75. The first-order valence-electron chi connectivity index (χ1n) is 7.51. The molecule has 104 valence electrons. The molecular weight excluding hydrogens is 258 g/mol. The van der Waals surface area contributed by atoms with Crippen LogP contribution in [0.2, 0.25) is 5.02 Å². The Morgan fingerprint density at radius 3 is 2.84 bits per heavy atom. The van der Waals surface area contributed by atoms with Gasteiger partial charge < -0.3 is 10.4 Å². The summed E-state index contributed by atoms with van der Waals surface area (Å²) in [5, 5.41) is 14.5. The Kier molecular flexibility index (Phi) is 3.99. The first-order chi connectivity index (χ1) is 9.25. The van der Waals surface area contributed by atoms with Crippen LogP contribution in [-0.2, 0) is 19.3 Å². The van der Waals surface area contributed by atoms with Gasteiger partial charge in [-0.05, 0) is 68.2 Å². The van der Waals surface area contributed by atoms with Gasteiger partial charge in [0.2, 0.25) is 0 Å². The molecule has 1 aliphatic carbocycles. The van der Waals surface area contributed by atoms with Gasteiger partial charge in [-0.2, -0.15) is 0 Å². The zero-order valence-electron chi connectivity index (χ0n) is 11.3. The lowest BCUT2D eigenvalue weighted by molar-refractivity contribution is 0.391. The molecule has 1 aromatic carbocycles. The summed E-state index contributed by atoms with van der Waals surface area (Å²) in [7, 11) is 0. The van der Waals surface area contributed by atoms with Crippen LogP contribution in [0.15, 0.2) is 6.07 Å². The summed E-state index contributed by atoms with van der Waals surface area (Å²) >= 11 is 6.36. The number of rotatable bonds is 2. The van der Waals surface area contributed by atoms with E-state index in [1.54, 1.807) is 0 Å². The molecule has 0 radical (unpaired) electrons. The fraction of sp³-hybridized carbons (Fsp3) is 0.625. The van der Waals surface area contributed by atoms with Gasteiger partial charge in [-0.25, -0.2) is 0 Å². The smallest absolute Gasteiger partial charge is 0.137 e. The molecule has 1 unspecified atom stereocenters. The molecule has 0 aromatic heterocycles. The quantitative estimate of drug-likeness (QED) is 0.867. The molecule has 19 heavy (non-hydrogen) atoms. The van der Waals surface area contributed by atoms with Gasteiger partial charge in [0.05, 0.1) is 5.02 Å². The number of aromatic hydroxyl groups is 1. The number of aryl methyl sites for hydroxylation is 1. The van der Waals surface area contributed by atoms with E-state index >= 15 is 0 Å². The molecular formula is C16H22ClNO. The average molecular weight is 280 g/mol. The molecule has 0 bridgehead atoms. The van der Waals surface area contributed by atoms with Crippen molar-refractivity contribution in [2.45, 2.75) is 57.4 Å². The van der Waals surface area contributed by atoms with Crippen LogP contribution in [0.1, 0.15) is 48.8 Å². The summed E-state index contributed by atoms with van der Waals surface area (Å²) in [6, 6.07) is 2.70. The number of hydrogen-bond acceptors (Lipinski definition) is 2. The zero-order chi connectivity index (χ0) is 13.2. The Labute approximate surface area is 120 Å². The van der Waals surface area contributed by atoms with Crippen molar-refractivity contribution in [2.75, 3.05) is 6.54 Å². The first-order valence-corrected chi connectivity index (χ1v) is 7.89. The Hall–Kier alpha value is -0.730. The minimum absolute atomic E-state index is 0.328. The minimum atomic E-state index is 0.328. The van der Waals surface area contributed by atoms with Crippen LogP contribution in [-0.4, -0.2) is 17.7 Å². The van der Waals surface area contributed by atoms with Gasteiger partial charge in [-0.15, -0.1) is 0 Å². The van der Waals surface area contributed by atoms with E-state index in [2.05, 4.69) is 11.4 Å². The second-order valence-corrected chi connectivity index (χ2v) is 6.27. The Balaban J connectivity index is 1.86. The van der Waals surface area contributed by atoms with Crippen molar-refractivity contribution in [1.29, 1.82) is 0 Å².